The Labute approximate surface area is 180 Å². The number of aryl methyl sites for hydroxylation is 2. The Kier molecular flexibility index (Phi) is 8.84. The van der Waals surface area contributed by atoms with E-state index >= 15 is 0 Å². The molecule has 0 saturated heterocycles. The fraction of sp³-hybridized carbons (Fsp3) is 0.238. The highest BCUT2D eigenvalue weighted by Gasteiger charge is 2.08. The summed E-state index contributed by atoms with van der Waals surface area (Å²) in [5, 5.41) is 5.14. The molecule has 0 saturated carbocycles. The van der Waals surface area contributed by atoms with Gasteiger partial charge in [-0.2, -0.15) is 0 Å². The van der Waals surface area contributed by atoms with Crippen LogP contribution in [0.15, 0.2) is 48.5 Å². The third kappa shape index (κ3) is 9.31. The first-order valence-corrected chi connectivity index (χ1v) is 9.67. The topological polar surface area (TPSA) is 140 Å². The molecular formula is C21H26N6O4. The molecule has 0 fully saturated rings. The summed E-state index contributed by atoms with van der Waals surface area (Å²) in [4.78, 5) is 47.0. The van der Waals surface area contributed by atoms with Crippen LogP contribution in [-0.2, 0) is 9.59 Å². The van der Waals surface area contributed by atoms with E-state index in [1.54, 1.807) is 24.3 Å². The van der Waals surface area contributed by atoms with Crippen molar-refractivity contribution in [3.05, 3.63) is 59.7 Å². The molecule has 164 valence electrons. The first-order chi connectivity index (χ1) is 14.8. The Morgan fingerprint density at radius 2 is 0.935 bits per heavy atom. The summed E-state index contributed by atoms with van der Waals surface area (Å²) in [5.74, 6) is -0.895. The highest BCUT2D eigenvalue weighted by atomic mass is 16.2. The van der Waals surface area contributed by atoms with Gasteiger partial charge in [-0.3, -0.25) is 20.4 Å². The van der Waals surface area contributed by atoms with Crippen LogP contribution in [0.5, 0.6) is 0 Å². The van der Waals surface area contributed by atoms with E-state index in [-0.39, 0.29) is 19.3 Å². The average Bonchev–Trinajstić information content (AvgIpc) is 2.74. The Balaban J connectivity index is 1.56. The minimum absolute atomic E-state index is 0.0216. The number of carbonyl (C=O) groups is 4. The van der Waals surface area contributed by atoms with Crippen molar-refractivity contribution in [3.8, 4) is 0 Å². The van der Waals surface area contributed by atoms with Gasteiger partial charge in [0.05, 0.1) is 0 Å². The zero-order valence-corrected chi connectivity index (χ0v) is 17.4. The number of carbonyl (C=O) groups excluding carboxylic acids is 4. The number of hydrogen-bond donors (Lipinski definition) is 6. The number of amides is 6. The molecule has 0 radical (unpaired) electrons. The summed E-state index contributed by atoms with van der Waals surface area (Å²) in [6, 6.07) is 13.2. The summed E-state index contributed by atoms with van der Waals surface area (Å²) in [5.41, 5.74) is 12.3. The molecule has 2 aromatic carbocycles. The summed E-state index contributed by atoms with van der Waals surface area (Å²) in [6.07, 6.45) is 0.280. The molecule has 0 spiro atoms. The number of hydrogen-bond acceptors (Lipinski definition) is 4. The Hall–Kier alpha value is -4.08. The largest absolute Gasteiger partial charge is 0.337 e. The van der Waals surface area contributed by atoms with Crippen LogP contribution in [0.2, 0.25) is 0 Å². The van der Waals surface area contributed by atoms with Crippen molar-refractivity contribution in [2.24, 2.45) is 0 Å². The molecule has 2 rings (SSSR count). The van der Waals surface area contributed by atoms with Crippen molar-refractivity contribution in [3.63, 3.8) is 0 Å². The highest BCUT2D eigenvalue weighted by molar-refractivity contribution is 5.91. The van der Waals surface area contributed by atoms with Gasteiger partial charge in [0.15, 0.2) is 0 Å². The standard InChI is InChI=1S/C21H26N6O4/c1-14-6-10-16(11-7-14)22-20(30)26-24-18(28)4-3-5-19(29)25-27-21(31)23-17-12-8-15(2)9-13-17/h6-13H,3-5H2,1-2H3,(H,24,28)(H,25,29)(H2,22,26,30)(H2,23,27,31). The van der Waals surface area contributed by atoms with E-state index in [2.05, 4.69) is 32.3 Å². The molecule has 10 nitrogen and oxygen atoms in total. The Morgan fingerprint density at radius 1 is 0.581 bits per heavy atom. The van der Waals surface area contributed by atoms with E-state index in [9.17, 15) is 19.2 Å². The van der Waals surface area contributed by atoms with Crippen molar-refractivity contribution >= 4 is 35.3 Å². The summed E-state index contributed by atoms with van der Waals surface area (Å²) >= 11 is 0. The van der Waals surface area contributed by atoms with Crippen LogP contribution in [-0.4, -0.2) is 23.9 Å². The molecule has 6 N–H and O–H groups in total. The SMILES string of the molecule is Cc1ccc(NC(=O)NNC(=O)CCCC(=O)NNC(=O)Nc2ccc(C)cc2)cc1. The lowest BCUT2D eigenvalue weighted by molar-refractivity contribution is -0.123. The third-order valence-corrected chi connectivity index (χ3v) is 4.06. The Morgan fingerprint density at radius 3 is 1.29 bits per heavy atom. The Bertz CT molecular complexity index is 837. The third-order valence-electron chi connectivity index (χ3n) is 4.06. The number of rotatable bonds is 6. The molecule has 6 amide bonds. The van der Waals surface area contributed by atoms with Gasteiger partial charge >= 0.3 is 12.1 Å². The minimum atomic E-state index is -0.585. The van der Waals surface area contributed by atoms with Gasteiger partial charge in [-0.15, -0.1) is 0 Å². The summed E-state index contributed by atoms with van der Waals surface area (Å²) in [7, 11) is 0. The van der Waals surface area contributed by atoms with E-state index in [0.29, 0.717) is 11.4 Å². The highest BCUT2D eigenvalue weighted by Crippen LogP contribution is 2.08. The van der Waals surface area contributed by atoms with Gasteiger partial charge in [0.2, 0.25) is 11.8 Å². The van der Waals surface area contributed by atoms with Gasteiger partial charge in [0.25, 0.3) is 0 Å². The fourth-order valence-corrected chi connectivity index (χ4v) is 2.39. The molecule has 0 bridgehead atoms. The number of nitrogens with one attached hydrogen (secondary N) is 6. The molecule has 0 atom stereocenters. The zero-order chi connectivity index (χ0) is 22.6. The lowest BCUT2D eigenvalue weighted by Crippen LogP contribution is -2.44. The fourth-order valence-electron chi connectivity index (χ4n) is 2.39. The number of benzene rings is 2. The van der Waals surface area contributed by atoms with Gasteiger partial charge in [-0.25, -0.2) is 20.4 Å². The van der Waals surface area contributed by atoms with Gasteiger partial charge in [-0.1, -0.05) is 35.4 Å². The average molecular weight is 426 g/mol. The van der Waals surface area contributed by atoms with Gasteiger partial charge in [0, 0.05) is 24.2 Å². The van der Waals surface area contributed by atoms with Crippen molar-refractivity contribution < 1.29 is 19.2 Å². The van der Waals surface area contributed by atoms with Gasteiger partial charge in [0.1, 0.15) is 0 Å². The molecule has 0 heterocycles. The molecule has 0 aromatic heterocycles. The van der Waals surface area contributed by atoms with Crippen molar-refractivity contribution in [1.29, 1.82) is 0 Å². The number of anilines is 2. The lowest BCUT2D eigenvalue weighted by atomic mass is 10.2. The molecule has 2 aromatic rings. The first-order valence-electron chi connectivity index (χ1n) is 9.67. The zero-order valence-electron chi connectivity index (χ0n) is 17.4. The first kappa shape index (κ1) is 23.2. The summed E-state index contributed by atoms with van der Waals surface area (Å²) < 4.78 is 0. The van der Waals surface area contributed by atoms with Crippen LogP contribution in [0.3, 0.4) is 0 Å². The normalized spacial score (nSPS) is 9.87. The number of urea groups is 2. The van der Waals surface area contributed by atoms with Crippen molar-refractivity contribution in [2.75, 3.05) is 10.6 Å². The predicted octanol–water partition coefficient (Wildman–Crippen LogP) is 2.48. The van der Waals surface area contributed by atoms with Crippen LogP contribution in [0.25, 0.3) is 0 Å². The summed E-state index contributed by atoms with van der Waals surface area (Å²) in [6.45, 7) is 3.86. The van der Waals surface area contributed by atoms with Crippen LogP contribution in [0, 0.1) is 13.8 Å². The van der Waals surface area contributed by atoms with E-state index in [0.717, 1.165) is 11.1 Å². The minimum Gasteiger partial charge on any atom is -0.307 e. The van der Waals surface area contributed by atoms with Crippen molar-refractivity contribution in [1.82, 2.24) is 21.7 Å². The molecular weight excluding hydrogens is 400 g/mol. The number of hydrazine groups is 2. The monoisotopic (exact) mass is 426 g/mol. The lowest BCUT2D eigenvalue weighted by Gasteiger charge is -2.10. The maximum Gasteiger partial charge on any atom is 0.337 e. The maximum atomic E-state index is 11.8. The van der Waals surface area contributed by atoms with Gasteiger partial charge < -0.3 is 10.6 Å². The molecule has 0 aliphatic carbocycles. The molecule has 10 heteroatoms. The van der Waals surface area contributed by atoms with E-state index in [4.69, 9.17) is 0 Å². The quantitative estimate of drug-likeness (QED) is 0.395. The second-order valence-electron chi connectivity index (χ2n) is 6.84. The van der Waals surface area contributed by atoms with Crippen LogP contribution >= 0.6 is 0 Å². The van der Waals surface area contributed by atoms with Crippen molar-refractivity contribution in [2.45, 2.75) is 33.1 Å². The molecule has 31 heavy (non-hydrogen) atoms. The maximum absolute atomic E-state index is 11.8. The smallest absolute Gasteiger partial charge is 0.307 e. The second kappa shape index (κ2) is 11.8. The van der Waals surface area contributed by atoms with E-state index in [1.807, 2.05) is 38.1 Å². The predicted molar refractivity (Wildman–Crippen MR) is 117 cm³/mol. The molecule has 0 unspecified atom stereocenters. The van der Waals surface area contributed by atoms with E-state index in [1.165, 1.54) is 0 Å². The van der Waals surface area contributed by atoms with Crippen LogP contribution in [0.4, 0.5) is 21.0 Å². The van der Waals surface area contributed by atoms with Crippen LogP contribution < -0.4 is 32.3 Å². The van der Waals surface area contributed by atoms with Gasteiger partial charge in [-0.05, 0) is 44.5 Å². The molecule has 0 aliphatic rings. The van der Waals surface area contributed by atoms with Crippen LogP contribution in [0.1, 0.15) is 30.4 Å². The molecule has 0 aliphatic heterocycles. The second-order valence-corrected chi connectivity index (χ2v) is 6.84. The van der Waals surface area contributed by atoms with E-state index < -0.39 is 23.9 Å².